The average Bonchev–Trinajstić information content (AvgIpc) is 2.39. The molecule has 0 aliphatic rings. The molecule has 0 atom stereocenters. The maximum absolute atomic E-state index is 9.11. The normalized spacial score (nSPS) is 10.6. The predicted octanol–water partition coefficient (Wildman–Crippen LogP) is 2.28. The van der Waals surface area contributed by atoms with Gasteiger partial charge in [0.2, 0.25) is 0 Å². The summed E-state index contributed by atoms with van der Waals surface area (Å²) in [5, 5.41) is 18.2. The zero-order valence-electron chi connectivity index (χ0n) is 11.1. The first-order valence-electron chi connectivity index (χ1n) is 6.30. The Morgan fingerprint density at radius 2 is 1.63 bits per heavy atom. The van der Waals surface area contributed by atoms with Gasteiger partial charge in [0.05, 0.1) is 0 Å². The van der Waals surface area contributed by atoms with Crippen molar-refractivity contribution in [2.24, 2.45) is 0 Å². The van der Waals surface area contributed by atoms with Gasteiger partial charge in [0.25, 0.3) is 0 Å². The van der Waals surface area contributed by atoms with E-state index >= 15 is 0 Å². The number of rotatable bonds is 4. The number of hydrogen-bond donors (Lipinski definition) is 2. The zero-order valence-corrected chi connectivity index (χ0v) is 11.1. The second-order valence-electron chi connectivity index (χ2n) is 4.77. The Hall–Kier alpha value is -1.78. The lowest BCUT2D eigenvalue weighted by atomic mass is 9.80. The number of benzene rings is 2. The van der Waals surface area contributed by atoms with E-state index in [-0.39, 0.29) is 0 Å². The third-order valence-electron chi connectivity index (χ3n) is 2.94. The lowest BCUT2D eigenvalue weighted by Gasteiger charge is -2.09. The van der Waals surface area contributed by atoms with Crippen LogP contribution in [0.3, 0.4) is 0 Å². The maximum Gasteiger partial charge on any atom is 0.488 e. The molecule has 0 unspecified atom stereocenters. The molecule has 98 valence electrons. The Morgan fingerprint density at radius 3 is 2.21 bits per heavy atom. The highest BCUT2D eigenvalue weighted by Gasteiger charge is 2.11. The van der Waals surface area contributed by atoms with E-state index in [1.165, 1.54) is 5.56 Å². The second kappa shape index (κ2) is 5.91. The van der Waals surface area contributed by atoms with Gasteiger partial charge < -0.3 is 14.8 Å². The minimum atomic E-state index is -1.48. The summed E-state index contributed by atoms with van der Waals surface area (Å²) < 4.78 is 5.68. The molecule has 4 heteroatoms. The molecule has 0 aliphatic carbocycles. The first-order chi connectivity index (χ1) is 9.06. The Labute approximate surface area is 113 Å². The summed E-state index contributed by atoms with van der Waals surface area (Å²) in [6.07, 6.45) is 0. The molecule has 0 bridgehead atoms. The van der Waals surface area contributed by atoms with Crippen LogP contribution in [-0.2, 0) is 0 Å². The Bertz CT molecular complexity index is 535. The highest BCUT2D eigenvalue weighted by atomic mass is 16.5. The molecule has 2 N–H and O–H groups in total. The van der Waals surface area contributed by atoms with Gasteiger partial charge in [-0.1, -0.05) is 38.1 Å². The van der Waals surface area contributed by atoms with Gasteiger partial charge in [0.15, 0.2) is 0 Å². The summed E-state index contributed by atoms with van der Waals surface area (Å²) in [5.41, 5.74) is 1.67. The molecule has 0 aromatic heterocycles. The minimum absolute atomic E-state index is 0.413. The largest absolute Gasteiger partial charge is 0.488 e. The molecule has 0 heterocycles. The molecule has 0 saturated carbocycles. The quantitative estimate of drug-likeness (QED) is 0.825. The van der Waals surface area contributed by atoms with Crippen LogP contribution < -0.4 is 10.2 Å². The van der Waals surface area contributed by atoms with E-state index in [4.69, 9.17) is 14.8 Å². The van der Waals surface area contributed by atoms with Gasteiger partial charge in [-0.15, -0.1) is 0 Å². The first kappa shape index (κ1) is 13.7. The minimum Gasteiger partial charge on any atom is -0.457 e. The van der Waals surface area contributed by atoms with Crippen molar-refractivity contribution < 1.29 is 14.8 Å². The van der Waals surface area contributed by atoms with Crippen LogP contribution in [0.4, 0.5) is 0 Å². The number of ether oxygens (including phenoxy) is 1. The standard InChI is InChI=1S/C15H17BO3/c1-11(2)12-6-8-14(9-7-12)19-15-5-3-4-13(10-15)16(17)18/h3-11,17-18H,1-2H3. The van der Waals surface area contributed by atoms with Crippen LogP contribution in [0.5, 0.6) is 11.5 Å². The van der Waals surface area contributed by atoms with Crippen molar-refractivity contribution in [2.45, 2.75) is 19.8 Å². The van der Waals surface area contributed by atoms with E-state index in [1.54, 1.807) is 24.3 Å². The van der Waals surface area contributed by atoms with Crippen molar-refractivity contribution in [3.05, 3.63) is 54.1 Å². The van der Waals surface area contributed by atoms with Crippen molar-refractivity contribution in [1.82, 2.24) is 0 Å². The third-order valence-corrected chi connectivity index (χ3v) is 2.94. The molecule has 0 amide bonds. The van der Waals surface area contributed by atoms with Crippen molar-refractivity contribution in [3.63, 3.8) is 0 Å². The SMILES string of the molecule is CC(C)c1ccc(Oc2cccc(B(O)O)c2)cc1. The van der Waals surface area contributed by atoms with Crippen molar-refractivity contribution in [3.8, 4) is 11.5 Å². The molecule has 2 rings (SSSR count). The van der Waals surface area contributed by atoms with E-state index in [2.05, 4.69) is 13.8 Å². The summed E-state index contributed by atoms with van der Waals surface area (Å²) in [6, 6.07) is 14.7. The van der Waals surface area contributed by atoms with Crippen LogP contribution >= 0.6 is 0 Å². The third kappa shape index (κ3) is 3.59. The topological polar surface area (TPSA) is 49.7 Å². The lowest BCUT2D eigenvalue weighted by molar-refractivity contribution is 0.425. The fraction of sp³-hybridized carbons (Fsp3) is 0.200. The lowest BCUT2D eigenvalue weighted by Crippen LogP contribution is -2.29. The van der Waals surface area contributed by atoms with Crippen LogP contribution in [0.2, 0.25) is 0 Å². The highest BCUT2D eigenvalue weighted by molar-refractivity contribution is 6.58. The summed E-state index contributed by atoms with van der Waals surface area (Å²) in [5.74, 6) is 1.80. The molecular weight excluding hydrogens is 239 g/mol. The van der Waals surface area contributed by atoms with E-state index in [1.807, 2.05) is 24.3 Å². The van der Waals surface area contributed by atoms with E-state index < -0.39 is 7.12 Å². The Balaban J connectivity index is 2.14. The van der Waals surface area contributed by atoms with Gasteiger partial charge in [-0.05, 0) is 41.2 Å². The second-order valence-corrected chi connectivity index (χ2v) is 4.77. The van der Waals surface area contributed by atoms with Gasteiger partial charge in [-0.25, -0.2) is 0 Å². The van der Waals surface area contributed by atoms with Gasteiger partial charge >= 0.3 is 7.12 Å². The summed E-state index contributed by atoms with van der Waals surface area (Å²) in [4.78, 5) is 0. The molecule has 2 aromatic carbocycles. The number of hydrogen-bond acceptors (Lipinski definition) is 3. The Morgan fingerprint density at radius 1 is 0.947 bits per heavy atom. The van der Waals surface area contributed by atoms with Crippen LogP contribution in [0, 0.1) is 0 Å². The van der Waals surface area contributed by atoms with Crippen molar-refractivity contribution in [1.29, 1.82) is 0 Å². The van der Waals surface area contributed by atoms with Gasteiger partial charge in [0.1, 0.15) is 11.5 Å². The highest BCUT2D eigenvalue weighted by Crippen LogP contribution is 2.23. The summed E-state index contributed by atoms with van der Waals surface area (Å²) in [6.45, 7) is 4.28. The smallest absolute Gasteiger partial charge is 0.457 e. The molecule has 2 aromatic rings. The first-order valence-corrected chi connectivity index (χ1v) is 6.30. The van der Waals surface area contributed by atoms with Gasteiger partial charge in [-0.3, -0.25) is 0 Å². The van der Waals surface area contributed by atoms with Gasteiger partial charge in [0, 0.05) is 0 Å². The zero-order chi connectivity index (χ0) is 13.8. The average molecular weight is 256 g/mol. The fourth-order valence-electron chi connectivity index (χ4n) is 1.80. The molecule has 0 saturated heterocycles. The van der Waals surface area contributed by atoms with Crippen LogP contribution in [0.1, 0.15) is 25.3 Å². The van der Waals surface area contributed by atoms with Crippen molar-refractivity contribution in [2.75, 3.05) is 0 Å². The summed E-state index contributed by atoms with van der Waals surface area (Å²) in [7, 11) is -1.48. The molecule has 19 heavy (non-hydrogen) atoms. The molecule has 3 nitrogen and oxygen atoms in total. The van der Waals surface area contributed by atoms with E-state index in [0.29, 0.717) is 17.1 Å². The molecule has 0 spiro atoms. The predicted molar refractivity (Wildman–Crippen MR) is 76.9 cm³/mol. The van der Waals surface area contributed by atoms with Crippen LogP contribution in [0.15, 0.2) is 48.5 Å². The molecular formula is C15H17BO3. The Kier molecular flexibility index (Phi) is 4.25. The van der Waals surface area contributed by atoms with Gasteiger partial charge in [-0.2, -0.15) is 0 Å². The molecule has 0 fully saturated rings. The molecule has 0 radical (unpaired) electrons. The van der Waals surface area contributed by atoms with Crippen LogP contribution in [0.25, 0.3) is 0 Å². The van der Waals surface area contributed by atoms with Crippen molar-refractivity contribution >= 4 is 12.6 Å². The van der Waals surface area contributed by atoms with Crippen LogP contribution in [-0.4, -0.2) is 17.2 Å². The maximum atomic E-state index is 9.11. The fourth-order valence-corrected chi connectivity index (χ4v) is 1.80. The summed E-state index contributed by atoms with van der Waals surface area (Å²) >= 11 is 0. The van der Waals surface area contributed by atoms with E-state index in [0.717, 1.165) is 5.75 Å². The monoisotopic (exact) mass is 256 g/mol. The molecule has 0 aliphatic heterocycles. The van der Waals surface area contributed by atoms with E-state index in [9.17, 15) is 0 Å².